The third-order valence-electron chi connectivity index (χ3n) is 3.20. The number of hydrogen-bond acceptors (Lipinski definition) is 4. The average Bonchev–Trinajstić information content (AvgIpc) is 2.70. The molecule has 0 aliphatic carbocycles. The van der Waals surface area contributed by atoms with Crippen LogP contribution in [-0.2, 0) is 16.9 Å². The van der Waals surface area contributed by atoms with Gasteiger partial charge in [-0.15, -0.1) is 0 Å². The molecule has 2 heterocycles. The average molecular weight is 322 g/mol. The summed E-state index contributed by atoms with van der Waals surface area (Å²) in [5.41, 5.74) is 7.05. The fraction of sp³-hybridized carbons (Fsp3) is 0.700. The lowest BCUT2D eigenvalue weighted by Crippen LogP contribution is -2.19. The lowest BCUT2D eigenvalue weighted by Gasteiger charge is -2.16. The first-order valence-corrected chi connectivity index (χ1v) is 8.14. The van der Waals surface area contributed by atoms with E-state index in [-0.39, 0.29) is 17.7 Å². The monoisotopic (exact) mass is 321 g/mol. The highest BCUT2D eigenvalue weighted by atomic mass is 79.9. The third kappa shape index (κ3) is 2.89. The first-order chi connectivity index (χ1) is 7.89. The summed E-state index contributed by atoms with van der Waals surface area (Å²) < 4.78 is 25.4. The number of aromatic nitrogens is 2. The zero-order chi connectivity index (χ0) is 12.6. The number of rotatable bonds is 3. The van der Waals surface area contributed by atoms with Gasteiger partial charge >= 0.3 is 0 Å². The molecule has 0 radical (unpaired) electrons. The van der Waals surface area contributed by atoms with Gasteiger partial charge in [-0.05, 0) is 34.7 Å². The number of nitrogens with two attached hydrogens (primary N) is 1. The Balaban J connectivity index is 2.06. The zero-order valence-corrected chi connectivity index (χ0v) is 12.0. The van der Waals surface area contributed by atoms with Crippen molar-refractivity contribution >= 4 is 25.8 Å². The second kappa shape index (κ2) is 4.70. The van der Waals surface area contributed by atoms with E-state index in [4.69, 9.17) is 5.73 Å². The SMILES string of the molecule is Cn1ncc(Br)c1C(N)CC1CCS(=O)(=O)C1. The van der Waals surface area contributed by atoms with Crippen molar-refractivity contribution in [2.24, 2.45) is 18.7 Å². The molecule has 17 heavy (non-hydrogen) atoms. The molecule has 7 heteroatoms. The zero-order valence-electron chi connectivity index (χ0n) is 9.63. The highest BCUT2D eigenvalue weighted by Crippen LogP contribution is 2.30. The van der Waals surface area contributed by atoms with Crippen molar-refractivity contribution in [2.75, 3.05) is 11.5 Å². The Bertz CT molecular complexity index is 492. The number of nitrogens with zero attached hydrogens (tertiary/aromatic N) is 2. The molecule has 2 atom stereocenters. The van der Waals surface area contributed by atoms with E-state index in [1.54, 1.807) is 10.9 Å². The van der Waals surface area contributed by atoms with Crippen LogP contribution in [0.25, 0.3) is 0 Å². The standard InChI is InChI=1S/C10H16BrN3O2S/c1-14-10(8(11)5-13-14)9(12)4-7-2-3-17(15,16)6-7/h5,7,9H,2-4,6,12H2,1H3. The molecule has 5 nitrogen and oxygen atoms in total. The maximum Gasteiger partial charge on any atom is 0.150 e. The first kappa shape index (κ1) is 13.0. The van der Waals surface area contributed by atoms with Gasteiger partial charge in [-0.1, -0.05) is 0 Å². The molecule has 1 aliphatic rings. The van der Waals surface area contributed by atoms with Crippen LogP contribution in [0.1, 0.15) is 24.6 Å². The highest BCUT2D eigenvalue weighted by molar-refractivity contribution is 9.10. The van der Waals surface area contributed by atoms with Gasteiger partial charge in [0.05, 0.1) is 27.9 Å². The number of hydrogen-bond donors (Lipinski definition) is 1. The Labute approximate surface area is 109 Å². The molecule has 96 valence electrons. The van der Waals surface area contributed by atoms with Crippen LogP contribution in [0, 0.1) is 5.92 Å². The summed E-state index contributed by atoms with van der Waals surface area (Å²) in [5, 5.41) is 4.11. The molecule has 0 amide bonds. The predicted octanol–water partition coefficient (Wildman–Crippen LogP) is 1.01. The van der Waals surface area contributed by atoms with Gasteiger partial charge in [-0.2, -0.15) is 5.10 Å². The van der Waals surface area contributed by atoms with Crippen molar-refractivity contribution in [3.8, 4) is 0 Å². The van der Waals surface area contributed by atoms with Gasteiger partial charge < -0.3 is 5.73 Å². The number of halogens is 1. The Morgan fingerprint density at radius 3 is 2.88 bits per heavy atom. The smallest absolute Gasteiger partial charge is 0.150 e. The van der Waals surface area contributed by atoms with Crippen molar-refractivity contribution in [1.29, 1.82) is 0 Å². The van der Waals surface area contributed by atoms with E-state index in [0.29, 0.717) is 12.2 Å². The van der Waals surface area contributed by atoms with E-state index in [0.717, 1.165) is 16.6 Å². The maximum atomic E-state index is 11.4. The molecule has 1 aromatic heterocycles. The van der Waals surface area contributed by atoms with Crippen molar-refractivity contribution in [2.45, 2.75) is 18.9 Å². The molecule has 0 saturated carbocycles. The van der Waals surface area contributed by atoms with Crippen LogP contribution in [0.2, 0.25) is 0 Å². The minimum absolute atomic E-state index is 0.171. The summed E-state index contributed by atoms with van der Waals surface area (Å²) in [4.78, 5) is 0. The molecule has 1 saturated heterocycles. The van der Waals surface area contributed by atoms with Gasteiger partial charge in [-0.25, -0.2) is 8.42 Å². The molecule has 0 spiro atoms. The fourth-order valence-corrected chi connectivity index (χ4v) is 4.89. The lowest BCUT2D eigenvalue weighted by atomic mass is 9.98. The summed E-state index contributed by atoms with van der Waals surface area (Å²) in [6.07, 6.45) is 3.13. The van der Waals surface area contributed by atoms with Crippen LogP contribution in [0.5, 0.6) is 0 Å². The van der Waals surface area contributed by atoms with Crippen molar-refractivity contribution in [1.82, 2.24) is 9.78 Å². The molecule has 1 aromatic rings. The number of sulfone groups is 1. The van der Waals surface area contributed by atoms with Gasteiger partial charge in [0.1, 0.15) is 0 Å². The van der Waals surface area contributed by atoms with Gasteiger partial charge in [0.25, 0.3) is 0 Å². The summed E-state index contributed by atoms with van der Waals surface area (Å²) in [5.74, 6) is 0.754. The van der Waals surface area contributed by atoms with Gasteiger partial charge in [0.15, 0.2) is 9.84 Å². The van der Waals surface area contributed by atoms with Crippen molar-refractivity contribution in [3.63, 3.8) is 0 Å². The summed E-state index contributed by atoms with van der Waals surface area (Å²) in [7, 11) is -0.981. The minimum atomic E-state index is -2.82. The van der Waals surface area contributed by atoms with Gasteiger partial charge in [0.2, 0.25) is 0 Å². The summed E-state index contributed by atoms with van der Waals surface area (Å²) in [6, 6.07) is -0.171. The largest absolute Gasteiger partial charge is 0.323 e. The van der Waals surface area contributed by atoms with E-state index in [1.165, 1.54) is 0 Å². The van der Waals surface area contributed by atoms with Crippen LogP contribution in [0.4, 0.5) is 0 Å². The summed E-state index contributed by atoms with van der Waals surface area (Å²) in [6.45, 7) is 0. The molecule has 2 N–H and O–H groups in total. The van der Waals surface area contributed by atoms with Crippen LogP contribution < -0.4 is 5.73 Å². The molecule has 0 bridgehead atoms. The van der Waals surface area contributed by atoms with Crippen LogP contribution >= 0.6 is 15.9 Å². The predicted molar refractivity (Wildman–Crippen MR) is 69.2 cm³/mol. The third-order valence-corrected chi connectivity index (χ3v) is 5.65. The Morgan fingerprint density at radius 2 is 2.41 bits per heavy atom. The van der Waals surface area contributed by atoms with E-state index in [9.17, 15) is 8.42 Å². The Morgan fingerprint density at radius 1 is 1.71 bits per heavy atom. The van der Waals surface area contributed by atoms with E-state index < -0.39 is 9.84 Å². The fourth-order valence-electron chi connectivity index (χ4n) is 2.37. The first-order valence-electron chi connectivity index (χ1n) is 5.52. The van der Waals surface area contributed by atoms with Crippen molar-refractivity contribution < 1.29 is 8.42 Å². The molecular weight excluding hydrogens is 306 g/mol. The summed E-state index contributed by atoms with van der Waals surface area (Å²) >= 11 is 3.41. The topological polar surface area (TPSA) is 78.0 Å². The van der Waals surface area contributed by atoms with E-state index >= 15 is 0 Å². The molecule has 1 fully saturated rings. The minimum Gasteiger partial charge on any atom is -0.323 e. The maximum absolute atomic E-state index is 11.4. The second-order valence-electron chi connectivity index (χ2n) is 4.61. The molecule has 2 unspecified atom stereocenters. The van der Waals surface area contributed by atoms with Gasteiger partial charge in [0, 0.05) is 13.1 Å². The van der Waals surface area contributed by atoms with E-state index in [1.807, 2.05) is 7.05 Å². The molecular formula is C10H16BrN3O2S. The highest BCUT2D eigenvalue weighted by Gasteiger charge is 2.30. The van der Waals surface area contributed by atoms with Crippen LogP contribution in [0.3, 0.4) is 0 Å². The van der Waals surface area contributed by atoms with Crippen LogP contribution in [0.15, 0.2) is 10.7 Å². The second-order valence-corrected chi connectivity index (χ2v) is 7.70. The molecule has 2 rings (SSSR count). The van der Waals surface area contributed by atoms with Crippen molar-refractivity contribution in [3.05, 3.63) is 16.4 Å². The molecule has 0 aromatic carbocycles. The van der Waals surface area contributed by atoms with Gasteiger partial charge in [-0.3, -0.25) is 4.68 Å². The molecule has 1 aliphatic heterocycles. The lowest BCUT2D eigenvalue weighted by molar-refractivity contribution is 0.461. The Hall–Kier alpha value is -0.400. The number of aryl methyl sites for hydroxylation is 1. The Kier molecular flexibility index (Phi) is 3.61. The normalized spacial score (nSPS) is 25.0. The van der Waals surface area contributed by atoms with Crippen LogP contribution in [-0.4, -0.2) is 29.7 Å². The quantitative estimate of drug-likeness (QED) is 0.901. The van der Waals surface area contributed by atoms with E-state index in [2.05, 4.69) is 21.0 Å².